The predicted octanol–water partition coefficient (Wildman–Crippen LogP) is 1.16. The summed E-state index contributed by atoms with van der Waals surface area (Å²) in [6.07, 6.45) is 1.49. The standard InChI is InChI=1S/C14H23N3O4/c1-14(12(18)19)5-3-7-17(11-14)13(20)16(8-4-6-15)9-10-21-2/h3-5,7-11H2,1-2H3,(H,18,19). The molecule has 0 bridgehead atoms. The van der Waals surface area contributed by atoms with Gasteiger partial charge in [0.05, 0.1) is 24.5 Å². The van der Waals surface area contributed by atoms with Crippen LogP contribution >= 0.6 is 0 Å². The number of hydrogen-bond acceptors (Lipinski definition) is 4. The normalized spacial score (nSPS) is 21.7. The molecule has 0 aliphatic carbocycles. The third kappa shape index (κ3) is 4.60. The Kier molecular flexibility index (Phi) is 6.43. The highest BCUT2D eigenvalue weighted by Gasteiger charge is 2.40. The number of carbonyl (C=O) groups is 2. The minimum atomic E-state index is -0.893. The third-order valence-corrected chi connectivity index (χ3v) is 3.81. The zero-order chi connectivity index (χ0) is 15.9. The van der Waals surface area contributed by atoms with Crippen LogP contribution in [0.3, 0.4) is 0 Å². The lowest BCUT2D eigenvalue weighted by Crippen LogP contribution is -2.53. The number of carbonyl (C=O) groups excluding carboxylic acids is 1. The van der Waals surface area contributed by atoms with E-state index >= 15 is 0 Å². The minimum Gasteiger partial charge on any atom is -0.481 e. The van der Waals surface area contributed by atoms with Gasteiger partial charge in [-0.3, -0.25) is 4.79 Å². The van der Waals surface area contributed by atoms with Crippen molar-refractivity contribution in [2.24, 2.45) is 5.41 Å². The quantitative estimate of drug-likeness (QED) is 0.794. The van der Waals surface area contributed by atoms with E-state index in [-0.39, 0.29) is 19.0 Å². The van der Waals surface area contributed by atoms with Crippen LogP contribution in [0, 0.1) is 16.7 Å². The molecule has 1 atom stereocenters. The third-order valence-electron chi connectivity index (χ3n) is 3.81. The number of nitriles is 1. The predicted molar refractivity (Wildman–Crippen MR) is 75.6 cm³/mol. The van der Waals surface area contributed by atoms with E-state index in [1.165, 1.54) is 0 Å². The zero-order valence-corrected chi connectivity index (χ0v) is 12.7. The topological polar surface area (TPSA) is 93.9 Å². The van der Waals surface area contributed by atoms with Crippen molar-refractivity contribution in [2.75, 3.05) is 39.9 Å². The lowest BCUT2D eigenvalue weighted by molar-refractivity contribution is -0.150. The average molecular weight is 297 g/mol. The van der Waals surface area contributed by atoms with Crippen LogP contribution < -0.4 is 0 Å². The molecule has 0 aromatic rings. The highest BCUT2D eigenvalue weighted by molar-refractivity contribution is 5.78. The van der Waals surface area contributed by atoms with Gasteiger partial charge in [-0.15, -0.1) is 0 Å². The maximum atomic E-state index is 12.5. The Morgan fingerprint density at radius 1 is 1.48 bits per heavy atom. The minimum absolute atomic E-state index is 0.206. The zero-order valence-electron chi connectivity index (χ0n) is 12.7. The second kappa shape index (κ2) is 7.84. The molecule has 7 nitrogen and oxygen atoms in total. The lowest BCUT2D eigenvalue weighted by atomic mass is 9.82. The van der Waals surface area contributed by atoms with Gasteiger partial charge in [-0.25, -0.2) is 4.79 Å². The van der Waals surface area contributed by atoms with E-state index in [0.29, 0.717) is 39.1 Å². The lowest BCUT2D eigenvalue weighted by Gasteiger charge is -2.39. The summed E-state index contributed by atoms with van der Waals surface area (Å²) in [5.41, 5.74) is -0.893. The fraction of sp³-hybridized carbons (Fsp3) is 0.786. The van der Waals surface area contributed by atoms with E-state index in [2.05, 4.69) is 0 Å². The molecule has 1 unspecified atom stereocenters. The van der Waals surface area contributed by atoms with Gasteiger partial charge in [0.2, 0.25) is 0 Å². The molecular weight excluding hydrogens is 274 g/mol. The van der Waals surface area contributed by atoms with Crippen LogP contribution in [0.1, 0.15) is 26.2 Å². The highest BCUT2D eigenvalue weighted by Crippen LogP contribution is 2.30. The van der Waals surface area contributed by atoms with Crippen molar-refractivity contribution in [2.45, 2.75) is 26.2 Å². The van der Waals surface area contributed by atoms with Crippen molar-refractivity contribution in [3.63, 3.8) is 0 Å². The Bertz CT molecular complexity index is 421. The molecule has 118 valence electrons. The van der Waals surface area contributed by atoms with Crippen LogP contribution in [-0.4, -0.2) is 66.8 Å². The van der Waals surface area contributed by atoms with Crippen molar-refractivity contribution in [3.8, 4) is 6.07 Å². The molecule has 0 radical (unpaired) electrons. The Morgan fingerprint density at radius 3 is 2.76 bits per heavy atom. The van der Waals surface area contributed by atoms with Crippen molar-refractivity contribution < 1.29 is 19.4 Å². The van der Waals surface area contributed by atoms with Gasteiger partial charge in [0, 0.05) is 33.3 Å². The number of rotatable bonds is 6. The summed E-state index contributed by atoms with van der Waals surface area (Å²) in [4.78, 5) is 27.0. The summed E-state index contributed by atoms with van der Waals surface area (Å²) in [6, 6.07) is 1.81. The highest BCUT2D eigenvalue weighted by atomic mass is 16.5. The molecule has 0 spiro atoms. The van der Waals surface area contributed by atoms with Crippen molar-refractivity contribution in [3.05, 3.63) is 0 Å². The molecule has 7 heteroatoms. The molecule has 1 rings (SSSR count). The Morgan fingerprint density at radius 2 is 2.19 bits per heavy atom. The molecule has 1 heterocycles. The molecular formula is C14H23N3O4. The number of nitrogens with zero attached hydrogens (tertiary/aromatic N) is 3. The smallest absolute Gasteiger partial charge is 0.320 e. The van der Waals surface area contributed by atoms with Crippen molar-refractivity contribution in [1.29, 1.82) is 5.26 Å². The van der Waals surface area contributed by atoms with Gasteiger partial charge >= 0.3 is 12.0 Å². The first-order valence-electron chi connectivity index (χ1n) is 7.08. The summed E-state index contributed by atoms with van der Waals surface area (Å²) in [7, 11) is 1.55. The molecule has 0 saturated carbocycles. The Labute approximate surface area is 125 Å². The van der Waals surface area contributed by atoms with Gasteiger partial charge < -0.3 is 19.6 Å². The number of ether oxygens (including phenoxy) is 1. The fourth-order valence-electron chi connectivity index (χ4n) is 2.47. The van der Waals surface area contributed by atoms with Gasteiger partial charge in [0.1, 0.15) is 0 Å². The van der Waals surface area contributed by atoms with Gasteiger partial charge in [0.25, 0.3) is 0 Å². The number of likely N-dealkylation sites (tertiary alicyclic amines) is 1. The summed E-state index contributed by atoms with van der Waals surface area (Å²) >= 11 is 0. The Hall–Kier alpha value is -1.81. The number of urea groups is 1. The van der Waals surface area contributed by atoms with Gasteiger partial charge in [-0.1, -0.05) is 0 Å². The van der Waals surface area contributed by atoms with E-state index < -0.39 is 11.4 Å². The van der Waals surface area contributed by atoms with Crippen LogP contribution in [0.25, 0.3) is 0 Å². The average Bonchev–Trinajstić information content (AvgIpc) is 2.46. The fourth-order valence-corrected chi connectivity index (χ4v) is 2.47. The number of methoxy groups -OCH3 is 1. The maximum absolute atomic E-state index is 12.5. The number of hydrogen-bond donors (Lipinski definition) is 1. The van der Waals surface area contributed by atoms with E-state index in [4.69, 9.17) is 10.00 Å². The number of amides is 2. The largest absolute Gasteiger partial charge is 0.481 e. The number of aliphatic carboxylic acids is 1. The molecule has 1 aliphatic heterocycles. The summed E-state index contributed by atoms with van der Waals surface area (Å²) in [6.45, 7) is 3.55. The first-order chi connectivity index (χ1) is 9.94. The summed E-state index contributed by atoms with van der Waals surface area (Å²) < 4.78 is 4.98. The summed E-state index contributed by atoms with van der Waals surface area (Å²) in [5, 5.41) is 18.0. The van der Waals surface area contributed by atoms with E-state index in [0.717, 1.165) is 0 Å². The molecule has 1 saturated heterocycles. The van der Waals surface area contributed by atoms with E-state index in [1.54, 1.807) is 23.8 Å². The molecule has 2 amide bonds. The van der Waals surface area contributed by atoms with Crippen LogP contribution in [0.5, 0.6) is 0 Å². The van der Waals surface area contributed by atoms with E-state index in [9.17, 15) is 14.7 Å². The van der Waals surface area contributed by atoms with Crippen LogP contribution in [0.15, 0.2) is 0 Å². The molecule has 21 heavy (non-hydrogen) atoms. The number of piperidine rings is 1. The summed E-state index contributed by atoms with van der Waals surface area (Å²) in [5.74, 6) is -0.875. The van der Waals surface area contributed by atoms with Crippen LogP contribution in [0.4, 0.5) is 4.79 Å². The Balaban J connectivity index is 2.73. The molecule has 1 aliphatic rings. The maximum Gasteiger partial charge on any atom is 0.320 e. The monoisotopic (exact) mass is 297 g/mol. The molecule has 1 fully saturated rings. The van der Waals surface area contributed by atoms with Crippen LogP contribution in [-0.2, 0) is 9.53 Å². The van der Waals surface area contributed by atoms with Gasteiger partial charge in [-0.2, -0.15) is 5.26 Å². The molecule has 0 aromatic heterocycles. The SMILES string of the molecule is COCCN(CCC#N)C(=O)N1CCCC(C)(C(=O)O)C1. The second-order valence-electron chi connectivity index (χ2n) is 5.56. The van der Waals surface area contributed by atoms with Crippen LogP contribution in [0.2, 0.25) is 0 Å². The van der Waals surface area contributed by atoms with Gasteiger partial charge in [-0.05, 0) is 19.8 Å². The number of carboxylic acid groups (broad SMARTS) is 1. The first kappa shape index (κ1) is 17.2. The second-order valence-corrected chi connectivity index (χ2v) is 5.56. The number of carboxylic acids is 1. The van der Waals surface area contributed by atoms with Crippen molar-refractivity contribution in [1.82, 2.24) is 9.80 Å². The van der Waals surface area contributed by atoms with E-state index in [1.807, 2.05) is 6.07 Å². The van der Waals surface area contributed by atoms with Crippen molar-refractivity contribution >= 4 is 12.0 Å². The van der Waals surface area contributed by atoms with Gasteiger partial charge in [0.15, 0.2) is 0 Å². The first-order valence-corrected chi connectivity index (χ1v) is 7.08. The molecule has 1 N–H and O–H groups in total. The molecule has 0 aromatic carbocycles.